The Bertz CT molecular complexity index is 517. The predicted molar refractivity (Wildman–Crippen MR) is 77.6 cm³/mol. The second-order valence-corrected chi connectivity index (χ2v) is 5.74. The predicted octanol–water partition coefficient (Wildman–Crippen LogP) is 2.49. The van der Waals surface area contributed by atoms with E-state index in [1.165, 1.54) is 19.3 Å². The molecule has 1 aliphatic carbocycles. The second-order valence-electron chi connectivity index (χ2n) is 5.74. The largest absolute Gasteiger partial charge is 0.484 e. The van der Waals surface area contributed by atoms with Crippen LogP contribution in [-0.4, -0.2) is 25.3 Å². The molecule has 1 heterocycles. The lowest BCUT2D eigenvalue weighted by atomic mass is 9.86. The fraction of sp³-hybridized carbons (Fsp3) is 0.562. The topological polar surface area (TPSA) is 56.8 Å². The molecule has 1 amide bonds. The van der Waals surface area contributed by atoms with E-state index in [9.17, 15) is 4.79 Å². The lowest BCUT2D eigenvalue weighted by Crippen LogP contribution is -2.43. The summed E-state index contributed by atoms with van der Waals surface area (Å²) in [7, 11) is 0. The van der Waals surface area contributed by atoms with Crippen LogP contribution in [0.3, 0.4) is 0 Å². The van der Waals surface area contributed by atoms with Gasteiger partial charge in [0.05, 0.1) is 0 Å². The molecule has 2 aliphatic rings. The molecule has 5 nitrogen and oxygen atoms in total. The highest BCUT2D eigenvalue weighted by Crippen LogP contribution is 2.35. The quantitative estimate of drug-likeness (QED) is 0.926. The van der Waals surface area contributed by atoms with Crippen molar-refractivity contribution >= 4 is 5.91 Å². The minimum Gasteiger partial charge on any atom is -0.484 e. The number of carbonyl (C=O) groups excluding carboxylic acids is 1. The first-order valence-electron chi connectivity index (χ1n) is 7.54. The molecule has 1 aromatic carbocycles. The lowest BCUT2D eigenvalue weighted by Gasteiger charge is -2.29. The van der Waals surface area contributed by atoms with Gasteiger partial charge in [-0.05, 0) is 30.9 Å². The van der Waals surface area contributed by atoms with Crippen molar-refractivity contribution in [2.24, 2.45) is 5.92 Å². The Morgan fingerprint density at radius 1 is 1.29 bits per heavy atom. The van der Waals surface area contributed by atoms with Crippen LogP contribution in [0.25, 0.3) is 0 Å². The molecule has 21 heavy (non-hydrogen) atoms. The van der Waals surface area contributed by atoms with Gasteiger partial charge in [0.1, 0.15) is 5.75 Å². The van der Waals surface area contributed by atoms with E-state index in [1.807, 2.05) is 0 Å². The normalized spacial score (nSPS) is 23.7. The molecular formula is C16H21NO4. The monoisotopic (exact) mass is 291 g/mol. The fourth-order valence-corrected chi connectivity index (χ4v) is 2.89. The van der Waals surface area contributed by atoms with Gasteiger partial charge in [0.25, 0.3) is 5.91 Å². The van der Waals surface area contributed by atoms with Crippen LogP contribution < -0.4 is 19.5 Å². The van der Waals surface area contributed by atoms with Gasteiger partial charge < -0.3 is 19.5 Å². The van der Waals surface area contributed by atoms with E-state index >= 15 is 0 Å². The molecule has 0 saturated heterocycles. The molecule has 1 saturated carbocycles. The SMILES string of the molecule is C[C@H]1CCCC[C@H]1NC(=O)COc1ccc2c(c1)OCO2. The van der Waals surface area contributed by atoms with Crippen molar-refractivity contribution in [2.45, 2.75) is 38.6 Å². The van der Waals surface area contributed by atoms with Crippen molar-refractivity contribution in [3.8, 4) is 17.2 Å². The van der Waals surface area contributed by atoms with E-state index in [0.29, 0.717) is 23.2 Å². The zero-order chi connectivity index (χ0) is 14.7. The molecule has 1 aromatic rings. The van der Waals surface area contributed by atoms with E-state index in [1.54, 1.807) is 18.2 Å². The van der Waals surface area contributed by atoms with Crippen molar-refractivity contribution in [3.63, 3.8) is 0 Å². The summed E-state index contributed by atoms with van der Waals surface area (Å²) in [4.78, 5) is 12.0. The number of nitrogens with one attached hydrogen (secondary N) is 1. The van der Waals surface area contributed by atoms with Gasteiger partial charge in [-0.1, -0.05) is 19.8 Å². The van der Waals surface area contributed by atoms with E-state index in [0.717, 1.165) is 6.42 Å². The Labute approximate surface area is 124 Å². The highest BCUT2D eigenvalue weighted by atomic mass is 16.7. The number of benzene rings is 1. The highest BCUT2D eigenvalue weighted by molar-refractivity contribution is 5.77. The first kappa shape index (κ1) is 14.0. The average molecular weight is 291 g/mol. The van der Waals surface area contributed by atoms with Crippen molar-refractivity contribution in [1.29, 1.82) is 0 Å². The maximum atomic E-state index is 12.0. The number of amides is 1. The first-order valence-corrected chi connectivity index (χ1v) is 7.54. The summed E-state index contributed by atoms with van der Waals surface area (Å²) < 4.78 is 16.0. The Balaban J connectivity index is 1.49. The molecule has 5 heteroatoms. The fourth-order valence-electron chi connectivity index (χ4n) is 2.89. The molecular weight excluding hydrogens is 270 g/mol. The highest BCUT2D eigenvalue weighted by Gasteiger charge is 2.23. The summed E-state index contributed by atoms with van der Waals surface area (Å²) in [6, 6.07) is 5.60. The van der Waals surface area contributed by atoms with Gasteiger partial charge in [0, 0.05) is 12.1 Å². The average Bonchev–Trinajstić information content (AvgIpc) is 2.95. The van der Waals surface area contributed by atoms with Gasteiger partial charge in [-0.3, -0.25) is 4.79 Å². The van der Waals surface area contributed by atoms with Gasteiger partial charge >= 0.3 is 0 Å². The number of carbonyl (C=O) groups is 1. The zero-order valence-corrected chi connectivity index (χ0v) is 12.3. The van der Waals surface area contributed by atoms with Gasteiger partial charge in [-0.25, -0.2) is 0 Å². The molecule has 2 atom stereocenters. The number of hydrogen-bond acceptors (Lipinski definition) is 4. The summed E-state index contributed by atoms with van der Waals surface area (Å²) in [6.45, 7) is 2.46. The molecule has 0 spiro atoms. The first-order chi connectivity index (χ1) is 10.2. The molecule has 0 unspecified atom stereocenters. The smallest absolute Gasteiger partial charge is 0.258 e. The summed E-state index contributed by atoms with van der Waals surface area (Å²) >= 11 is 0. The van der Waals surface area contributed by atoms with Crippen LogP contribution in [0.2, 0.25) is 0 Å². The Morgan fingerprint density at radius 3 is 2.95 bits per heavy atom. The van der Waals surface area contributed by atoms with E-state index in [-0.39, 0.29) is 25.3 Å². The Morgan fingerprint density at radius 2 is 2.10 bits per heavy atom. The van der Waals surface area contributed by atoms with E-state index in [4.69, 9.17) is 14.2 Å². The van der Waals surface area contributed by atoms with Crippen LogP contribution in [0.1, 0.15) is 32.6 Å². The minimum absolute atomic E-state index is 0.0306. The van der Waals surface area contributed by atoms with E-state index < -0.39 is 0 Å². The lowest BCUT2D eigenvalue weighted by molar-refractivity contribution is -0.124. The zero-order valence-electron chi connectivity index (χ0n) is 12.3. The van der Waals surface area contributed by atoms with Gasteiger partial charge in [0.15, 0.2) is 18.1 Å². The third kappa shape index (κ3) is 3.40. The second kappa shape index (κ2) is 6.24. The summed E-state index contributed by atoms with van der Waals surface area (Å²) in [5.74, 6) is 2.47. The summed E-state index contributed by atoms with van der Waals surface area (Å²) in [5.41, 5.74) is 0. The number of rotatable bonds is 4. The summed E-state index contributed by atoms with van der Waals surface area (Å²) in [6.07, 6.45) is 4.71. The number of ether oxygens (including phenoxy) is 3. The van der Waals surface area contributed by atoms with Crippen LogP contribution >= 0.6 is 0 Å². The third-order valence-corrected chi connectivity index (χ3v) is 4.17. The van der Waals surface area contributed by atoms with Gasteiger partial charge in [-0.2, -0.15) is 0 Å². The maximum Gasteiger partial charge on any atom is 0.258 e. The molecule has 3 rings (SSSR count). The molecule has 1 fully saturated rings. The maximum absolute atomic E-state index is 12.0. The Kier molecular flexibility index (Phi) is 4.18. The standard InChI is InChI=1S/C16H21NO4/c1-11-4-2-3-5-13(11)17-16(18)9-19-12-6-7-14-15(8-12)21-10-20-14/h6-8,11,13H,2-5,9-10H2,1H3,(H,17,18)/t11-,13+/m0/s1. The molecule has 0 bridgehead atoms. The van der Waals surface area contributed by atoms with Crippen molar-refractivity contribution in [2.75, 3.05) is 13.4 Å². The van der Waals surface area contributed by atoms with Crippen LogP contribution in [0, 0.1) is 5.92 Å². The van der Waals surface area contributed by atoms with Crippen LogP contribution in [0.5, 0.6) is 17.2 Å². The van der Waals surface area contributed by atoms with Gasteiger partial charge in [-0.15, -0.1) is 0 Å². The minimum atomic E-state index is -0.0635. The van der Waals surface area contributed by atoms with Crippen molar-refractivity contribution in [1.82, 2.24) is 5.32 Å². The van der Waals surface area contributed by atoms with Crippen molar-refractivity contribution in [3.05, 3.63) is 18.2 Å². The Hall–Kier alpha value is -1.91. The molecule has 1 aliphatic heterocycles. The molecule has 0 radical (unpaired) electrons. The van der Waals surface area contributed by atoms with Gasteiger partial charge in [0.2, 0.25) is 6.79 Å². The van der Waals surface area contributed by atoms with Crippen LogP contribution in [0.15, 0.2) is 18.2 Å². The van der Waals surface area contributed by atoms with Crippen LogP contribution in [-0.2, 0) is 4.79 Å². The molecule has 0 aromatic heterocycles. The summed E-state index contributed by atoms with van der Waals surface area (Å²) in [5, 5.41) is 3.07. The van der Waals surface area contributed by atoms with Crippen molar-refractivity contribution < 1.29 is 19.0 Å². The molecule has 114 valence electrons. The molecule has 1 N–H and O–H groups in total. The van der Waals surface area contributed by atoms with E-state index in [2.05, 4.69) is 12.2 Å². The third-order valence-electron chi connectivity index (χ3n) is 4.17. The van der Waals surface area contributed by atoms with Crippen LogP contribution in [0.4, 0.5) is 0 Å². The number of fused-ring (bicyclic) bond motifs is 1. The number of hydrogen-bond donors (Lipinski definition) is 1.